The van der Waals surface area contributed by atoms with Gasteiger partial charge in [0.15, 0.2) is 11.5 Å². The van der Waals surface area contributed by atoms with Crippen LogP contribution < -0.4 is 14.8 Å². The predicted molar refractivity (Wildman–Crippen MR) is 72.5 cm³/mol. The van der Waals surface area contributed by atoms with E-state index >= 15 is 0 Å². The molecule has 2 heterocycles. The normalized spacial score (nSPS) is 13.1. The number of thiazole rings is 1. The van der Waals surface area contributed by atoms with Crippen molar-refractivity contribution in [1.82, 2.24) is 4.98 Å². The molecule has 0 radical (unpaired) electrons. The Kier molecular flexibility index (Phi) is 3.27. The van der Waals surface area contributed by atoms with Gasteiger partial charge in [0, 0.05) is 17.5 Å². The van der Waals surface area contributed by atoms with Gasteiger partial charge in [0.25, 0.3) is 5.91 Å². The number of hydrogen-bond donors (Lipinski definition) is 1. The second-order valence-corrected chi connectivity index (χ2v) is 4.93. The Labute approximate surface area is 118 Å². The largest absolute Gasteiger partial charge is 0.486 e. The summed E-state index contributed by atoms with van der Waals surface area (Å²) in [5, 5.41) is 4.76. The van der Waals surface area contributed by atoms with E-state index in [9.17, 15) is 4.79 Å². The minimum atomic E-state index is -0.306. The highest BCUT2D eigenvalue weighted by Crippen LogP contribution is 2.38. The van der Waals surface area contributed by atoms with Crippen LogP contribution >= 0.6 is 22.9 Å². The number of amides is 1. The van der Waals surface area contributed by atoms with E-state index in [1.165, 1.54) is 11.3 Å². The molecule has 5 nitrogen and oxygen atoms in total. The Morgan fingerprint density at radius 3 is 2.74 bits per heavy atom. The molecular formula is C12H9ClN2O3S. The van der Waals surface area contributed by atoms with Crippen LogP contribution in [-0.4, -0.2) is 24.1 Å². The quantitative estimate of drug-likeness (QED) is 0.926. The molecule has 1 aliphatic heterocycles. The fourth-order valence-electron chi connectivity index (χ4n) is 1.67. The van der Waals surface area contributed by atoms with Gasteiger partial charge in [0.1, 0.15) is 18.9 Å². The molecular weight excluding hydrogens is 288 g/mol. The van der Waals surface area contributed by atoms with Gasteiger partial charge in [-0.3, -0.25) is 4.79 Å². The van der Waals surface area contributed by atoms with Crippen LogP contribution in [0.15, 0.2) is 23.0 Å². The monoisotopic (exact) mass is 296 g/mol. The van der Waals surface area contributed by atoms with Crippen LogP contribution in [0.25, 0.3) is 0 Å². The summed E-state index contributed by atoms with van der Waals surface area (Å²) in [6, 6.07) is 3.29. The van der Waals surface area contributed by atoms with Crippen molar-refractivity contribution in [1.29, 1.82) is 0 Å². The zero-order chi connectivity index (χ0) is 13.2. The maximum absolute atomic E-state index is 11.9. The number of nitrogens with one attached hydrogen (secondary N) is 1. The summed E-state index contributed by atoms with van der Waals surface area (Å²) in [5.74, 6) is 0.854. The number of ether oxygens (including phenoxy) is 2. The van der Waals surface area contributed by atoms with E-state index in [-0.39, 0.29) is 5.91 Å². The Hall–Kier alpha value is -1.79. The van der Waals surface area contributed by atoms with Gasteiger partial charge in [-0.2, -0.15) is 0 Å². The smallest absolute Gasteiger partial charge is 0.275 e. The van der Waals surface area contributed by atoms with Gasteiger partial charge in [-0.25, -0.2) is 4.98 Å². The molecule has 0 saturated heterocycles. The summed E-state index contributed by atoms with van der Waals surface area (Å²) in [5.41, 5.74) is 2.43. The SMILES string of the molecule is O=C(Nc1cc2c(cc1Cl)OCCO2)c1cscn1. The highest BCUT2D eigenvalue weighted by Gasteiger charge is 2.17. The molecule has 1 aliphatic rings. The Morgan fingerprint density at radius 2 is 2.05 bits per heavy atom. The highest BCUT2D eigenvalue weighted by molar-refractivity contribution is 7.07. The van der Waals surface area contributed by atoms with Crippen LogP contribution in [0, 0.1) is 0 Å². The fourth-order valence-corrected chi connectivity index (χ4v) is 2.40. The van der Waals surface area contributed by atoms with Gasteiger partial charge in [-0.1, -0.05) is 11.6 Å². The van der Waals surface area contributed by atoms with Crippen molar-refractivity contribution >= 4 is 34.5 Å². The van der Waals surface area contributed by atoms with E-state index in [1.54, 1.807) is 23.0 Å². The van der Waals surface area contributed by atoms with E-state index in [2.05, 4.69) is 10.3 Å². The maximum atomic E-state index is 11.9. The van der Waals surface area contributed by atoms with Gasteiger partial charge >= 0.3 is 0 Å². The molecule has 0 saturated carbocycles. The van der Waals surface area contributed by atoms with Gasteiger partial charge in [0.2, 0.25) is 0 Å². The number of carbonyl (C=O) groups excluding carboxylic acids is 1. The lowest BCUT2D eigenvalue weighted by atomic mass is 10.2. The van der Waals surface area contributed by atoms with Gasteiger partial charge in [-0.05, 0) is 0 Å². The van der Waals surface area contributed by atoms with E-state index < -0.39 is 0 Å². The lowest BCUT2D eigenvalue weighted by molar-refractivity contribution is 0.102. The second kappa shape index (κ2) is 5.07. The lowest BCUT2D eigenvalue weighted by Gasteiger charge is -2.19. The summed E-state index contributed by atoms with van der Waals surface area (Å²) < 4.78 is 10.8. The molecule has 0 atom stereocenters. The van der Waals surface area contributed by atoms with Crippen LogP contribution in [-0.2, 0) is 0 Å². The third-order valence-corrected chi connectivity index (χ3v) is 3.44. The van der Waals surface area contributed by atoms with E-state index in [4.69, 9.17) is 21.1 Å². The molecule has 1 aromatic heterocycles. The van der Waals surface area contributed by atoms with Gasteiger partial charge in [0.05, 0.1) is 16.2 Å². The molecule has 0 unspecified atom stereocenters. The number of carbonyl (C=O) groups is 1. The van der Waals surface area contributed by atoms with Crippen molar-refractivity contribution < 1.29 is 14.3 Å². The molecule has 7 heteroatoms. The molecule has 0 aliphatic carbocycles. The van der Waals surface area contributed by atoms with Crippen LogP contribution in [0.4, 0.5) is 5.69 Å². The average Bonchev–Trinajstić information content (AvgIpc) is 2.93. The first-order chi connectivity index (χ1) is 9.24. The van der Waals surface area contributed by atoms with Crippen molar-refractivity contribution in [2.24, 2.45) is 0 Å². The van der Waals surface area contributed by atoms with Crippen LogP contribution in [0.3, 0.4) is 0 Å². The van der Waals surface area contributed by atoms with Gasteiger partial charge < -0.3 is 14.8 Å². The lowest BCUT2D eigenvalue weighted by Crippen LogP contribution is -2.17. The standard InChI is InChI=1S/C12H9ClN2O3S/c13-7-3-10-11(18-2-1-17-10)4-8(7)15-12(16)9-5-19-6-14-9/h3-6H,1-2H2,(H,15,16). The Balaban J connectivity index is 1.87. The first-order valence-electron chi connectivity index (χ1n) is 5.53. The molecule has 0 bridgehead atoms. The minimum absolute atomic E-state index is 0.306. The summed E-state index contributed by atoms with van der Waals surface area (Å²) >= 11 is 7.45. The summed E-state index contributed by atoms with van der Waals surface area (Å²) in [6.45, 7) is 0.974. The molecule has 2 aromatic rings. The van der Waals surface area contributed by atoms with Crippen LogP contribution in [0.1, 0.15) is 10.5 Å². The molecule has 98 valence electrons. The molecule has 0 fully saturated rings. The first-order valence-corrected chi connectivity index (χ1v) is 6.85. The third kappa shape index (κ3) is 2.50. The molecule has 3 rings (SSSR count). The number of aromatic nitrogens is 1. The average molecular weight is 297 g/mol. The topological polar surface area (TPSA) is 60.5 Å². The van der Waals surface area contributed by atoms with Crippen LogP contribution in [0.5, 0.6) is 11.5 Å². The van der Waals surface area contributed by atoms with Crippen molar-refractivity contribution in [2.45, 2.75) is 0 Å². The fraction of sp³-hybridized carbons (Fsp3) is 0.167. The number of benzene rings is 1. The predicted octanol–water partition coefficient (Wildman–Crippen LogP) is 2.82. The Morgan fingerprint density at radius 1 is 1.32 bits per heavy atom. The Bertz CT molecular complexity index is 616. The molecule has 1 N–H and O–H groups in total. The van der Waals surface area contributed by atoms with E-state index in [1.807, 2.05) is 0 Å². The maximum Gasteiger partial charge on any atom is 0.275 e. The number of rotatable bonds is 2. The zero-order valence-corrected chi connectivity index (χ0v) is 11.3. The van der Waals surface area contributed by atoms with E-state index in [0.717, 1.165) is 0 Å². The highest BCUT2D eigenvalue weighted by atomic mass is 35.5. The number of halogens is 1. The van der Waals surface area contributed by atoms with E-state index in [0.29, 0.717) is 41.1 Å². The van der Waals surface area contributed by atoms with Crippen molar-refractivity contribution in [3.8, 4) is 11.5 Å². The second-order valence-electron chi connectivity index (χ2n) is 3.80. The number of hydrogen-bond acceptors (Lipinski definition) is 5. The summed E-state index contributed by atoms with van der Waals surface area (Å²) in [7, 11) is 0. The zero-order valence-electron chi connectivity index (χ0n) is 9.68. The van der Waals surface area contributed by atoms with Gasteiger partial charge in [-0.15, -0.1) is 11.3 Å². The third-order valence-electron chi connectivity index (χ3n) is 2.55. The minimum Gasteiger partial charge on any atom is -0.486 e. The summed E-state index contributed by atoms with van der Waals surface area (Å²) in [4.78, 5) is 15.8. The number of anilines is 1. The molecule has 1 amide bonds. The molecule has 0 spiro atoms. The van der Waals surface area contributed by atoms with Crippen molar-refractivity contribution in [2.75, 3.05) is 18.5 Å². The number of nitrogens with zero attached hydrogens (tertiary/aromatic N) is 1. The van der Waals surface area contributed by atoms with Crippen molar-refractivity contribution in [3.63, 3.8) is 0 Å². The molecule has 1 aromatic carbocycles. The van der Waals surface area contributed by atoms with Crippen LogP contribution in [0.2, 0.25) is 5.02 Å². The van der Waals surface area contributed by atoms with Crippen molar-refractivity contribution in [3.05, 3.63) is 33.7 Å². The molecule has 19 heavy (non-hydrogen) atoms. The number of fused-ring (bicyclic) bond motifs is 1. The summed E-state index contributed by atoms with van der Waals surface area (Å²) in [6.07, 6.45) is 0. The first kappa shape index (κ1) is 12.3.